The maximum absolute atomic E-state index is 13.0. The summed E-state index contributed by atoms with van der Waals surface area (Å²) in [6.07, 6.45) is 49.1. The van der Waals surface area contributed by atoms with E-state index in [1.807, 2.05) is 0 Å². The molecule has 0 aromatic carbocycles. The van der Waals surface area contributed by atoms with Crippen LogP contribution in [0.25, 0.3) is 0 Å². The molecule has 2 unspecified atom stereocenters. The molecule has 0 rings (SSSR count). The smallest absolute Gasteiger partial charge is 0.462 e. The van der Waals surface area contributed by atoms with Crippen molar-refractivity contribution in [3.63, 3.8) is 0 Å². The number of carbonyl (C=O) groups is 4. The average molecular weight is 1300 g/mol. The zero-order valence-electron chi connectivity index (χ0n) is 56.9. The van der Waals surface area contributed by atoms with Gasteiger partial charge in [0.25, 0.3) is 0 Å². The van der Waals surface area contributed by atoms with Crippen molar-refractivity contribution in [2.45, 2.75) is 374 Å². The molecular formula is C69H134O17P2. The second-order valence-corrected chi connectivity index (χ2v) is 28.3. The largest absolute Gasteiger partial charge is 0.472 e. The van der Waals surface area contributed by atoms with Crippen LogP contribution in [-0.4, -0.2) is 96.7 Å². The second kappa shape index (κ2) is 62.5. The molecule has 0 aliphatic rings. The van der Waals surface area contributed by atoms with Crippen LogP contribution in [0, 0.1) is 5.92 Å². The van der Waals surface area contributed by atoms with Crippen molar-refractivity contribution in [2.24, 2.45) is 5.92 Å². The molecule has 0 radical (unpaired) electrons. The molecule has 0 heterocycles. The van der Waals surface area contributed by atoms with E-state index < -0.39 is 97.5 Å². The monoisotopic (exact) mass is 1300 g/mol. The number of aliphatic hydroxyl groups excluding tert-OH is 1. The molecular weight excluding hydrogens is 1160 g/mol. The molecule has 0 aromatic heterocycles. The van der Waals surface area contributed by atoms with Gasteiger partial charge in [-0.25, -0.2) is 9.13 Å². The van der Waals surface area contributed by atoms with E-state index in [0.29, 0.717) is 25.7 Å². The minimum absolute atomic E-state index is 0.105. The molecule has 0 aromatic rings. The summed E-state index contributed by atoms with van der Waals surface area (Å²) in [6, 6.07) is 0. The Morgan fingerprint density at radius 2 is 0.523 bits per heavy atom. The van der Waals surface area contributed by atoms with E-state index in [1.54, 1.807) is 0 Å². The fourth-order valence-corrected chi connectivity index (χ4v) is 12.0. The van der Waals surface area contributed by atoms with Crippen LogP contribution in [0.2, 0.25) is 0 Å². The lowest BCUT2D eigenvalue weighted by Crippen LogP contribution is -2.30. The van der Waals surface area contributed by atoms with Gasteiger partial charge in [0.1, 0.15) is 19.3 Å². The summed E-state index contributed by atoms with van der Waals surface area (Å²) < 4.78 is 68.0. The molecule has 88 heavy (non-hydrogen) atoms. The van der Waals surface area contributed by atoms with Crippen LogP contribution in [0.1, 0.15) is 356 Å². The summed E-state index contributed by atoms with van der Waals surface area (Å²) in [5.74, 6) is -1.35. The summed E-state index contributed by atoms with van der Waals surface area (Å²) >= 11 is 0. The highest BCUT2D eigenvalue weighted by Crippen LogP contribution is 2.45. The highest BCUT2D eigenvalue weighted by molar-refractivity contribution is 7.47. The molecule has 0 aliphatic heterocycles. The minimum atomic E-state index is -4.95. The van der Waals surface area contributed by atoms with Gasteiger partial charge >= 0.3 is 39.5 Å². The first-order valence-electron chi connectivity index (χ1n) is 36.1. The number of aliphatic hydroxyl groups is 1. The third-order valence-corrected chi connectivity index (χ3v) is 17.9. The third-order valence-electron chi connectivity index (χ3n) is 16.0. The Morgan fingerprint density at radius 3 is 0.773 bits per heavy atom. The van der Waals surface area contributed by atoms with E-state index in [2.05, 4.69) is 34.6 Å². The van der Waals surface area contributed by atoms with Crippen LogP contribution >= 0.6 is 15.6 Å². The Bertz CT molecular complexity index is 1700. The van der Waals surface area contributed by atoms with Crippen LogP contribution in [0.4, 0.5) is 0 Å². The molecule has 0 saturated heterocycles. The lowest BCUT2D eigenvalue weighted by Gasteiger charge is -2.21. The van der Waals surface area contributed by atoms with Crippen LogP contribution < -0.4 is 0 Å². The minimum Gasteiger partial charge on any atom is -0.462 e. The topological polar surface area (TPSA) is 237 Å². The first-order chi connectivity index (χ1) is 42.5. The van der Waals surface area contributed by atoms with E-state index in [9.17, 15) is 43.2 Å². The number of unbranched alkanes of at least 4 members (excludes halogenated alkanes) is 41. The molecule has 0 bridgehead atoms. The van der Waals surface area contributed by atoms with Crippen molar-refractivity contribution >= 4 is 39.5 Å². The SMILES string of the molecule is CCCCCCCCCCCCCCCCCCCCCC(=O)O[C@H](COC(=O)CCCCCCCCCCCCCCC(C)C)COP(=O)(O)OC[C@@H](O)COP(=O)(O)OC[C@@H](COC(=O)CCCCCCC)OC(=O)CCCCCCCCCCC. The molecule has 522 valence electrons. The van der Waals surface area contributed by atoms with Crippen molar-refractivity contribution in [3.8, 4) is 0 Å². The summed E-state index contributed by atoms with van der Waals surface area (Å²) in [5.41, 5.74) is 0. The highest BCUT2D eigenvalue weighted by atomic mass is 31.2. The number of rotatable bonds is 69. The third kappa shape index (κ3) is 62.8. The Kier molecular flexibility index (Phi) is 61.1. The van der Waals surface area contributed by atoms with Crippen molar-refractivity contribution in [3.05, 3.63) is 0 Å². The fraction of sp³-hybridized carbons (Fsp3) is 0.942. The second-order valence-electron chi connectivity index (χ2n) is 25.4. The summed E-state index contributed by atoms with van der Waals surface area (Å²) in [4.78, 5) is 72.1. The number of hydrogen-bond donors (Lipinski definition) is 3. The number of esters is 4. The summed E-state index contributed by atoms with van der Waals surface area (Å²) in [6.45, 7) is 7.14. The lowest BCUT2D eigenvalue weighted by molar-refractivity contribution is -0.161. The number of hydrogen-bond acceptors (Lipinski definition) is 15. The van der Waals surface area contributed by atoms with Crippen LogP contribution in [-0.2, 0) is 65.4 Å². The number of ether oxygens (including phenoxy) is 4. The highest BCUT2D eigenvalue weighted by Gasteiger charge is 2.30. The molecule has 0 amide bonds. The van der Waals surface area contributed by atoms with Gasteiger partial charge in [-0.05, 0) is 31.6 Å². The van der Waals surface area contributed by atoms with E-state index in [4.69, 9.17) is 37.0 Å². The van der Waals surface area contributed by atoms with Crippen LogP contribution in [0.3, 0.4) is 0 Å². The molecule has 17 nitrogen and oxygen atoms in total. The molecule has 5 atom stereocenters. The molecule has 0 aliphatic carbocycles. The lowest BCUT2D eigenvalue weighted by atomic mass is 10.0. The Hall–Kier alpha value is -1.94. The van der Waals surface area contributed by atoms with Gasteiger partial charge in [-0.2, -0.15) is 0 Å². The van der Waals surface area contributed by atoms with Crippen molar-refractivity contribution in [1.82, 2.24) is 0 Å². The Labute approximate surface area is 537 Å². The number of carbonyl (C=O) groups excluding carboxylic acids is 4. The molecule has 0 saturated carbocycles. The van der Waals surface area contributed by atoms with Gasteiger partial charge in [-0.3, -0.25) is 37.3 Å². The van der Waals surface area contributed by atoms with Crippen molar-refractivity contribution < 1.29 is 80.2 Å². The normalized spacial score (nSPS) is 14.1. The van der Waals surface area contributed by atoms with Crippen molar-refractivity contribution in [2.75, 3.05) is 39.6 Å². The van der Waals surface area contributed by atoms with Gasteiger partial charge in [0, 0.05) is 25.7 Å². The van der Waals surface area contributed by atoms with Crippen LogP contribution in [0.15, 0.2) is 0 Å². The van der Waals surface area contributed by atoms with Gasteiger partial charge in [0.15, 0.2) is 12.2 Å². The predicted octanol–water partition coefficient (Wildman–Crippen LogP) is 19.7. The summed E-state index contributed by atoms with van der Waals surface area (Å²) in [7, 11) is -9.88. The Morgan fingerprint density at radius 1 is 0.307 bits per heavy atom. The molecule has 19 heteroatoms. The van der Waals surface area contributed by atoms with Gasteiger partial charge in [-0.15, -0.1) is 0 Å². The number of phosphoric ester groups is 2. The van der Waals surface area contributed by atoms with Gasteiger partial charge in [-0.1, -0.05) is 304 Å². The first-order valence-corrected chi connectivity index (χ1v) is 39.1. The van der Waals surface area contributed by atoms with Crippen molar-refractivity contribution in [1.29, 1.82) is 0 Å². The maximum Gasteiger partial charge on any atom is 0.472 e. The van der Waals surface area contributed by atoms with Gasteiger partial charge in [0.05, 0.1) is 26.4 Å². The van der Waals surface area contributed by atoms with Crippen LogP contribution in [0.5, 0.6) is 0 Å². The molecule has 0 fully saturated rings. The van der Waals surface area contributed by atoms with Gasteiger partial charge in [0.2, 0.25) is 0 Å². The van der Waals surface area contributed by atoms with E-state index in [1.165, 1.54) is 173 Å². The number of phosphoric acid groups is 2. The maximum atomic E-state index is 13.0. The quantitative estimate of drug-likeness (QED) is 0.0222. The molecule has 0 spiro atoms. The van der Waals surface area contributed by atoms with E-state index in [0.717, 1.165) is 102 Å². The average Bonchev–Trinajstić information content (AvgIpc) is 3.56. The molecule has 3 N–H and O–H groups in total. The predicted molar refractivity (Wildman–Crippen MR) is 354 cm³/mol. The van der Waals surface area contributed by atoms with E-state index >= 15 is 0 Å². The fourth-order valence-electron chi connectivity index (χ4n) is 10.5. The van der Waals surface area contributed by atoms with E-state index in [-0.39, 0.29) is 25.7 Å². The standard InChI is InChI=1S/C69H134O17P2/c1-6-9-12-15-17-19-20-21-22-23-24-25-26-27-32-36-40-45-50-55-69(74)86-65(59-80-67(72)53-48-43-38-35-31-29-28-30-34-37-42-46-51-62(4)5)61-84-88(77,78)82-57-63(70)56-81-87(75,76)83-60-64(58-79-66(71)52-47-41-14-11-8-3)85-68(73)54-49-44-39-33-18-16-13-10-7-2/h62-65,70H,6-61H2,1-5H3,(H,75,76)(H,77,78)/t63-,64+,65+/m0/s1. The zero-order valence-corrected chi connectivity index (χ0v) is 58.6. The zero-order chi connectivity index (χ0) is 64.9. The first kappa shape index (κ1) is 86.1. The van der Waals surface area contributed by atoms with Gasteiger partial charge < -0.3 is 33.8 Å². The summed E-state index contributed by atoms with van der Waals surface area (Å²) in [5, 5.41) is 10.5. The Balaban J connectivity index is 5.13.